The van der Waals surface area contributed by atoms with Crippen molar-refractivity contribution in [3.63, 3.8) is 0 Å². The minimum atomic E-state index is -0.928. The third-order valence-electron chi connectivity index (χ3n) is 2.74. The van der Waals surface area contributed by atoms with Crippen LogP contribution in [-0.4, -0.2) is 15.8 Å². The summed E-state index contributed by atoms with van der Waals surface area (Å²) in [5.41, 5.74) is 2.91. The molecule has 3 rings (SSSR count). The average molecular weight is 231 g/mol. The summed E-state index contributed by atoms with van der Waals surface area (Å²) in [6.07, 6.45) is 7.57. The maximum absolute atomic E-state index is 11.1. The summed E-state index contributed by atoms with van der Waals surface area (Å²) in [6.45, 7) is 0. The highest BCUT2D eigenvalue weighted by Crippen LogP contribution is 2.40. The Morgan fingerprint density at radius 2 is 2.38 bits per heavy atom. The summed E-state index contributed by atoms with van der Waals surface area (Å²) in [4.78, 5) is 12.2. The van der Waals surface area contributed by atoms with Crippen LogP contribution in [0.1, 0.15) is 11.3 Å². The van der Waals surface area contributed by atoms with Gasteiger partial charge in [-0.15, -0.1) is 0 Å². The molecule has 2 heterocycles. The lowest BCUT2D eigenvalue weighted by molar-refractivity contribution is 0.196. The average Bonchev–Trinajstić information content (AvgIpc) is 2.73. The highest BCUT2D eigenvalue weighted by atomic mass is 32.2. The van der Waals surface area contributed by atoms with E-state index < -0.39 is 6.09 Å². The van der Waals surface area contributed by atoms with E-state index >= 15 is 0 Å². The van der Waals surface area contributed by atoms with Gasteiger partial charge >= 0.3 is 6.09 Å². The van der Waals surface area contributed by atoms with Gasteiger partial charge in [-0.3, -0.25) is 4.57 Å². The molecule has 0 saturated carbocycles. The van der Waals surface area contributed by atoms with Gasteiger partial charge in [0, 0.05) is 16.7 Å². The van der Waals surface area contributed by atoms with Crippen LogP contribution < -0.4 is 0 Å². The van der Waals surface area contributed by atoms with E-state index in [-0.39, 0.29) is 0 Å². The van der Waals surface area contributed by atoms with E-state index in [4.69, 9.17) is 5.11 Å². The molecule has 0 aromatic carbocycles. The van der Waals surface area contributed by atoms with Crippen molar-refractivity contribution in [2.75, 3.05) is 0 Å². The number of allylic oxidation sites excluding steroid dienone is 4. The molecule has 3 nitrogen and oxygen atoms in total. The Hall–Kier alpha value is -1.68. The topological polar surface area (TPSA) is 42.2 Å². The lowest BCUT2D eigenvalue weighted by atomic mass is 9.99. The van der Waals surface area contributed by atoms with Crippen LogP contribution in [0.25, 0.3) is 5.57 Å². The third kappa shape index (κ3) is 1.27. The molecule has 1 aliphatic carbocycles. The first-order valence-electron chi connectivity index (χ1n) is 4.95. The van der Waals surface area contributed by atoms with E-state index in [1.54, 1.807) is 18.0 Å². The summed E-state index contributed by atoms with van der Waals surface area (Å²) in [6, 6.07) is 1.88. The third-order valence-corrected chi connectivity index (χ3v) is 3.67. The van der Waals surface area contributed by atoms with E-state index in [0.717, 1.165) is 28.2 Å². The lowest BCUT2D eigenvalue weighted by Gasteiger charge is -2.19. The van der Waals surface area contributed by atoms with Gasteiger partial charge in [0.2, 0.25) is 0 Å². The molecule has 0 amide bonds. The van der Waals surface area contributed by atoms with Crippen molar-refractivity contribution in [1.29, 1.82) is 0 Å². The molecule has 0 bridgehead atoms. The Balaban J connectivity index is 2.23. The maximum atomic E-state index is 11.1. The van der Waals surface area contributed by atoms with Gasteiger partial charge in [0.05, 0.1) is 5.69 Å². The van der Waals surface area contributed by atoms with Gasteiger partial charge in [-0.1, -0.05) is 30.0 Å². The van der Waals surface area contributed by atoms with Crippen molar-refractivity contribution in [1.82, 2.24) is 4.57 Å². The molecule has 1 aromatic rings. The Bertz CT molecular complexity index is 564. The van der Waals surface area contributed by atoms with Gasteiger partial charge in [-0.2, -0.15) is 0 Å². The Labute approximate surface area is 96.8 Å². The van der Waals surface area contributed by atoms with Crippen LogP contribution in [0.5, 0.6) is 0 Å². The number of hydrogen-bond acceptors (Lipinski definition) is 2. The Kier molecular flexibility index (Phi) is 2.04. The van der Waals surface area contributed by atoms with E-state index in [0.29, 0.717) is 0 Å². The molecule has 0 fully saturated rings. The van der Waals surface area contributed by atoms with Crippen molar-refractivity contribution in [3.8, 4) is 0 Å². The van der Waals surface area contributed by atoms with Crippen molar-refractivity contribution in [2.45, 2.75) is 6.42 Å². The van der Waals surface area contributed by atoms with Crippen LogP contribution >= 0.6 is 11.8 Å². The lowest BCUT2D eigenvalue weighted by Crippen LogP contribution is -2.13. The first-order chi connectivity index (χ1) is 7.77. The molecular weight excluding hydrogens is 222 g/mol. The van der Waals surface area contributed by atoms with E-state index in [9.17, 15) is 4.79 Å². The predicted octanol–water partition coefficient (Wildman–Crippen LogP) is 3.10. The summed E-state index contributed by atoms with van der Waals surface area (Å²) in [5, 5.41) is 11.1. The van der Waals surface area contributed by atoms with Crippen LogP contribution in [0.15, 0.2) is 40.8 Å². The number of nitrogens with zero attached hydrogens (tertiary/aromatic N) is 1. The van der Waals surface area contributed by atoms with Gasteiger partial charge in [0.15, 0.2) is 0 Å². The minimum absolute atomic E-state index is 0.809. The van der Waals surface area contributed by atoms with Gasteiger partial charge in [-0.05, 0) is 23.5 Å². The first-order valence-corrected chi connectivity index (χ1v) is 5.83. The molecule has 2 aliphatic rings. The minimum Gasteiger partial charge on any atom is -0.464 e. The number of hydrogen-bond donors (Lipinski definition) is 1. The molecule has 4 heteroatoms. The standard InChI is InChI=1S/C12H9NO2S/c14-12(15)13-6-5-8-3-4-10-9(11(8)13)2-1-7-16-10/h1-2,4-7H,3H2,(H,14,15). The van der Waals surface area contributed by atoms with Crippen molar-refractivity contribution >= 4 is 23.4 Å². The second-order valence-corrected chi connectivity index (χ2v) is 4.59. The predicted molar refractivity (Wildman–Crippen MR) is 64.3 cm³/mol. The van der Waals surface area contributed by atoms with Gasteiger partial charge in [-0.25, -0.2) is 4.79 Å². The molecule has 0 radical (unpaired) electrons. The largest absolute Gasteiger partial charge is 0.464 e. The number of fused-ring (bicyclic) bond motifs is 3. The van der Waals surface area contributed by atoms with E-state index in [1.807, 2.05) is 23.6 Å². The highest BCUT2D eigenvalue weighted by Gasteiger charge is 2.23. The summed E-state index contributed by atoms with van der Waals surface area (Å²) < 4.78 is 1.30. The number of thioether (sulfide) groups is 1. The Morgan fingerprint density at radius 3 is 3.19 bits per heavy atom. The smallest absolute Gasteiger partial charge is 0.416 e. The fourth-order valence-corrected chi connectivity index (χ4v) is 2.82. The summed E-state index contributed by atoms with van der Waals surface area (Å²) >= 11 is 1.64. The molecule has 0 spiro atoms. The fraction of sp³-hybridized carbons (Fsp3) is 0.0833. The number of rotatable bonds is 0. The van der Waals surface area contributed by atoms with E-state index in [1.165, 1.54) is 4.57 Å². The monoisotopic (exact) mass is 231 g/mol. The summed E-state index contributed by atoms with van der Waals surface area (Å²) in [5.74, 6) is 0. The molecule has 16 heavy (non-hydrogen) atoms. The second-order valence-electron chi connectivity index (χ2n) is 3.64. The van der Waals surface area contributed by atoms with Crippen LogP contribution in [0.2, 0.25) is 0 Å². The van der Waals surface area contributed by atoms with Crippen LogP contribution in [0, 0.1) is 0 Å². The zero-order valence-electron chi connectivity index (χ0n) is 8.38. The maximum Gasteiger partial charge on any atom is 0.416 e. The molecule has 1 aromatic heterocycles. The van der Waals surface area contributed by atoms with Gasteiger partial charge in [0.1, 0.15) is 0 Å². The zero-order chi connectivity index (χ0) is 11.1. The molecule has 0 unspecified atom stereocenters. The normalized spacial score (nSPS) is 17.2. The van der Waals surface area contributed by atoms with Crippen molar-refractivity contribution in [2.24, 2.45) is 0 Å². The fourth-order valence-electron chi connectivity index (χ4n) is 2.05. The number of aromatic nitrogens is 1. The van der Waals surface area contributed by atoms with Crippen molar-refractivity contribution < 1.29 is 9.90 Å². The SMILES string of the molecule is O=C(O)n1ccc2c1C1=CC=CSC1=CC2. The van der Waals surface area contributed by atoms with Crippen molar-refractivity contribution in [3.05, 3.63) is 52.1 Å². The first kappa shape index (κ1) is 9.54. The Morgan fingerprint density at radius 1 is 1.50 bits per heavy atom. The van der Waals surface area contributed by atoms with Gasteiger partial charge in [0.25, 0.3) is 0 Å². The second kappa shape index (κ2) is 3.42. The van der Waals surface area contributed by atoms with Crippen LogP contribution in [-0.2, 0) is 6.42 Å². The molecule has 1 aliphatic heterocycles. The van der Waals surface area contributed by atoms with E-state index in [2.05, 4.69) is 6.08 Å². The zero-order valence-corrected chi connectivity index (χ0v) is 9.20. The van der Waals surface area contributed by atoms with Crippen LogP contribution in [0.4, 0.5) is 4.79 Å². The van der Waals surface area contributed by atoms with Crippen LogP contribution in [0.3, 0.4) is 0 Å². The molecule has 80 valence electrons. The number of carbonyl (C=O) groups is 1. The quantitative estimate of drug-likeness (QED) is 0.746. The molecule has 1 N–H and O–H groups in total. The highest BCUT2D eigenvalue weighted by molar-refractivity contribution is 8.06. The molecule has 0 saturated heterocycles. The molecule has 0 atom stereocenters. The van der Waals surface area contributed by atoms with Gasteiger partial charge < -0.3 is 5.11 Å². The molecular formula is C12H9NO2S. The summed E-state index contributed by atoms with van der Waals surface area (Å²) in [7, 11) is 0. The number of carboxylic acid groups (broad SMARTS) is 1.